The molecular formula is C21H28N6O8. The first kappa shape index (κ1) is 25.6. The van der Waals surface area contributed by atoms with Gasteiger partial charge in [-0.05, 0) is 20.8 Å². The van der Waals surface area contributed by atoms with Crippen LogP contribution in [0, 0.1) is 0 Å². The molecule has 190 valence electrons. The van der Waals surface area contributed by atoms with Crippen LogP contribution in [0.3, 0.4) is 0 Å². The predicted octanol–water partition coefficient (Wildman–Crippen LogP) is 0.953. The van der Waals surface area contributed by atoms with Gasteiger partial charge in [0.05, 0.1) is 6.33 Å². The molecule has 0 radical (unpaired) electrons. The lowest BCUT2D eigenvalue weighted by Gasteiger charge is -2.33. The summed E-state index contributed by atoms with van der Waals surface area (Å²) in [4.78, 5) is 62.7. The maximum Gasteiger partial charge on any atom is 0.412 e. The van der Waals surface area contributed by atoms with Gasteiger partial charge in [-0.2, -0.15) is 0 Å². The Morgan fingerprint density at radius 3 is 2.17 bits per heavy atom. The van der Waals surface area contributed by atoms with Crippen molar-refractivity contribution in [3.8, 4) is 0 Å². The molecule has 14 heteroatoms. The summed E-state index contributed by atoms with van der Waals surface area (Å²) in [5, 5.41) is 0. The van der Waals surface area contributed by atoms with Crippen LogP contribution < -0.4 is 5.73 Å². The fourth-order valence-electron chi connectivity index (χ4n) is 3.85. The van der Waals surface area contributed by atoms with Gasteiger partial charge in [0.25, 0.3) is 0 Å². The number of amides is 1. The van der Waals surface area contributed by atoms with Crippen molar-refractivity contribution in [2.75, 3.05) is 12.3 Å². The highest BCUT2D eigenvalue weighted by Gasteiger charge is 2.57. The number of anilines is 1. The van der Waals surface area contributed by atoms with Gasteiger partial charge in [0.2, 0.25) is 0 Å². The number of fused-ring (bicyclic) bond motifs is 1. The van der Waals surface area contributed by atoms with Gasteiger partial charge in [-0.3, -0.25) is 23.9 Å². The number of imidazole rings is 1. The first-order valence-corrected chi connectivity index (χ1v) is 10.7. The number of nitrogens with two attached hydrogens (primary N) is 1. The smallest absolute Gasteiger partial charge is 0.412 e. The molecule has 1 aliphatic rings. The fourth-order valence-corrected chi connectivity index (χ4v) is 3.85. The van der Waals surface area contributed by atoms with Gasteiger partial charge in [-0.15, -0.1) is 0 Å². The molecule has 0 spiro atoms. The molecular weight excluding hydrogens is 464 g/mol. The molecule has 1 amide bonds. The van der Waals surface area contributed by atoms with E-state index in [1.54, 1.807) is 20.8 Å². The van der Waals surface area contributed by atoms with Crippen LogP contribution in [0.5, 0.6) is 0 Å². The number of hydrogen-bond donors (Lipinski definition) is 1. The number of hydrogen-bond acceptors (Lipinski definition) is 12. The zero-order valence-corrected chi connectivity index (χ0v) is 20.3. The Hall–Kier alpha value is -3.97. The quantitative estimate of drug-likeness (QED) is 0.462. The molecule has 2 aromatic rings. The van der Waals surface area contributed by atoms with Gasteiger partial charge in [-0.25, -0.2) is 19.7 Å². The molecule has 0 saturated carbocycles. The standard InChI is InChI=1S/C21H28N6O8/c1-10(28)32-7-13-15(33-11(2)29)16(34-12(3)30)19(27(13)20(31)35-21(4,5)6)26-9-25-14-17(22)23-8-24-18(14)26/h8-9,13,15-16,19H,7H2,1-6H3,(H2,22,23,24)/t13-,15-,16-,19-/m1/s1. The summed E-state index contributed by atoms with van der Waals surface area (Å²) >= 11 is 0. The van der Waals surface area contributed by atoms with E-state index in [0.717, 1.165) is 0 Å². The van der Waals surface area contributed by atoms with Crippen molar-refractivity contribution in [1.82, 2.24) is 24.4 Å². The molecule has 0 bridgehead atoms. The molecule has 1 saturated heterocycles. The second-order valence-corrected chi connectivity index (χ2v) is 8.90. The normalized spacial score (nSPS) is 22.1. The second kappa shape index (κ2) is 9.72. The summed E-state index contributed by atoms with van der Waals surface area (Å²) in [5.74, 6) is -1.94. The topological polar surface area (TPSA) is 178 Å². The maximum atomic E-state index is 13.5. The van der Waals surface area contributed by atoms with E-state index in [1.807, 2.05) is 0 Å². The second-order valence-electron chi connectivity index (χ2n) is 8.90. The highest BCUT2D eigenvalue weighted by Crippen LogP contribution is 2.40. The lowest BCUT2D eigenvalue weighted by Crippen LogP contribution is -2.47. The number of carbonyl (C=O) groups excluding carboxylic acids is 4. The van der Waals surface area contributed by atoms with Crippen LogP contribution in [-0.4, -0.2) is 78.9 Å². The lowest BCUT2D eigenvalue weighted by atomic mass is 10.1. The third-order valence-corrected chi connectivity index (χ3v) is 4.98. The van der Waals surface area contributed by atoms with Crippen LogP contribution in [0.4, 0.5) is 10.6 Å². The Bertz CT molecular complexity index is 1140. The van der Waals surface area contributed by atoms with Gasteiger partial charge in [0.1, 0.15) is 30.1 Å². The summed E-state index contributed by atoms with van der Waals surface area (Å²) in [6.07, 6.45) is -1.90. The van der Waals surface area contributed by atoms with Crippen molar-refractivity contribution in [2.45, 2.75) is 71.6 Å². The van der Waals surface area contributed by atoms with Gasteiger partial charge in [-0.1, -0.05) is 0 Å². The largest absolute Gasteiger partial charge is 0.464 e. The van der Waals surface area contributed by atoms with E-state index in [-0.39, 0.29) is 23.6 Å². The number of ether oxygens (including phenoxy) is 4. The van der Waals surface area contributed by atoms with Gasteiger partial charge in [0.15, 0.2) is 29.8 Å². The van der Waals surface area contributed by atoms with Crippen molar-refractivity contribution in [3.05, 3.63) is 12.7 Å². The molecule has 35 heavy (non-hydrogen) atoms. The summed E-state index contributed by atoms with van der Waals surface area (Å²) < 4.78 is 23.3. The number of nitrogen functional groups attached to an aromatic ring is 1. The number of esters is 3. The first-order chi connectivity index (χ1) is 16.3. The number of nitrogens with zero attached hydrogens (tertiary/aromatic N) is 5. The van der Waals surface area contributed by atoms with Gasteiger partial charge < -0.3 is 24.7 Å². The van der Waals surface area contributed by atoms with E-state index in [9.17, 15) is 19.2 Å². The number of carbonyl (C=O) groups is 4. The zero-order chi connectivity index (χ0) is 26.1. The van der Waals surface area contributed by atoms with Crippen molar-refractivity contribution in [1.29, 1.82) is 0 Å². The minimum absolute atomic E-state index is 0.0904. The van der Waals surface area contributed by atoms with Crippen LogP contribution in [0.25, 0.3) is 11.2 Å². The monoisotopic (exact) mass is 492 g/mol. The molecule has 4 atom stereocenters. The minimum Gasteiger partial charge on any atom is -0.464 e. The van der Waals surface area contributed by atoms with Gasteiger partial charge in [0, 0.05) is 20.8 Å². The summed E-state index contributed by atoms with van der Waals surface area (Å²) in [5.41, 5.74) is 5.48. The highest BCUT2D eigenvalue weighted by molar-refractivity contribution is 5.81. The Kier molecular flexibility index (Phi) is 7.12. The molecule has 1 aliphatic heterocycles. The molecule has 0 unspecified atom stereocenters. The molecule has 0 aromatic carbocycles. The Morgan fingerprint density at radius 2 is 1.60 bits per heavy atom. The van der Waals surface area contributed by atoms with E-state index in [0.29, 0.717) is 0 Å². The van der Waals surface area contributed by atoms with Gasteiger partial charge >= 0.3 is 24.0 Å². The average molecular weight is 492 g/mol. The summed E-state index contributed by atoms with van der Waals surface area (Å²) in [7, 11) is 0. The predicted molar refractivity (Wildman–Crippen MR) is 118 cm³/mol. The number of aromatic nitrogens is 4. The molecule has 14 nitrogen and oxygen atoms in total. The minimum atomic E-state index is -1.24. The Morgan fingerprint density at radius 1 is 0.971 bits per heavy atom. The SMILES string of the molecule is CC(=O)OC[C@@H]1[C@@H](OC(C)=O)[C@@H](OC(C)=O)[C@H](n2cnc3c(N)ncnc32)N1C(=O)OC(C)(C)C. The van der Waals surface area contributed by atoms with E-state index in [1.165, 1.54) is 42.9 Å². The summed E-state index contributed by atoms with van der Waals surface area (Å²) in [6, 6.07) is -1.08. The van der Waals surface area contributed by atoms with E-state index < -0.39 is 54.0 Å². The third kappa shape index (κ3) is 5.58. The summed E-state index contributed by atoms with van der Waals surface area (Å²) in [6.45, 7) is 8.17. The molecule has 0 aliphatic carbocycles. The van der Waals surface area contributed by atoms with Crippen molar-refractivity contribution in [2.24, 2.45) is 0 Å². The highest BCUT2D eigenvalue weighted by atomic mass is 16.6. The molecule has 2 aromatic heterocycles. The number of rotatable bonds is 5. The maximum absolute atomic E-state index is 13.5. The van der Waals surface area contributed by atoms with Crippen LogP contribution >= 0.6 is 0 Å². The zero-order valence-electron chi connectivity index (χ0n) is 20.3. The van der Waals surface area contributed by atoms with Crippen LogP contribution in [-0.2, 0) is 33.3 Å². The lowest BCUT2D eigenvalue weighted by molar-refractivity contribution is -0.166. The van der Waals surface area contributed by atoms with Crippen LogP contribution in [0.15, 0.2) is 12.7 Å². The van der Waals surface area contributed by atoms with Crippen molar-refractivity contribution < 1.29 is 38.1 Å². The average Bonchev–Trinajstić information content (AvgIpc) is 3.25. The Labute approximate surface area is 200 Å². The van der Waals surface area contributed by atoms with Crippen molar-refractivity contribution >= 4 is 41.0 Å². The van der Waals surface area contributed by atoms with Crippen LogP contribution in [0.2, 0.25) is 0 Å². The number of likely N-dealkylation sites (tertiary alicyclic amines) is 1. The molecule has 3 heterocycles. The molecule has 2 N–H and O–H groups in total. The fraction of sp³-hybridized carbons (Fsp3) is 0.571. The van der Waals surface area contributed by atoms with E-state index in [4.69, 9.17) is 24.7 Å². The molecule has 1 fully saturated rings. The third-order valence-electron chi connectivity index (χ3n) is 4.98. The molecule has 3 rings (SSSR count). The Balaban J connectivity index is 2.23. The van der Waals surface area contributed by atoms with Crippen molar-refractivity contribution in [3.63, 3.8) is 0 Å². The van der Waals surface area contributed by atoms with E-state index >= 15 is 0 Å². The first-order valence-electron chi connectivity index (χ1n) is 10.7. The van der Waals surface area contributed by atoms with Crippen LogP contribution in [0.1, 0.15) is 47.7 Å². The van der Waals surface area contributed by atoms with E-state index in [2.05, 4.69) is 15.0 Å².